The Morgan fingerprint density at radius 3 is 2.84 bits per heavy atom. The topological polar surface area (TPSA) is 79.6 Å². The first-order chi connectivity index (χ1) is 15.1. The van der Waals surface area contributed by atoms with Gasteiger partial charge in [0.25, 0.3) is 0 Å². The van der Waals surface area contributed by atoms with Gasteiger partial charge in [-0.05, 0) is 37.4 Å². The minimum atomic E-state index is -0.584. The Morgan fingerprint density at radius 1 is 1.23 bits per heavy atom. The van der Waals surface area contributed by atoms with Crippen molar-refractivity contribution in [3.05, 3.63) is 60.1 Å². The van der Waals surface area contributed by atoms with Crippen LogP contribution in [0.25, 0.3) is 17.1 Å². The van der Waals surface area contributed by atoms with Crippen molar-refractivity contribution in [2.75, 3.05) is 31.6 Å². The molecule has 1 aromatic heterocycles. The molecule has 7 nitrogen and oxygen atoms in total. The Balaban J connectivity index is 1.49. The average molecular weight is 421 g/mol. The number of likely N-dealkylation sites (N-methyl/N-ethyl adjacent to an activating group) is 1. The van der Waals surface area contributed by atoms with E-state index >= 15 is 0 Å². The maximum absolute atomic E-state index is 13.2. The fraction of sp³-hybridized carbons (Fsp3) is 0.333. The van der Waals surface area contributed by atoms with E-state index in [9.17, 15) is 9.90 Å². The molecule has 0 fully saturated rings. The number of carbonyl (C=O) groups is 1. The molecule has 0 bridgehead atoms. The van der Waals surface area contributed by atoms with Crippen LogP contribution in [-0.2, 0) is 4.79 Å². The van der Waals surface area contributed by atoms with E-state index in [-0.39, 0.29) is 18.1 Å². The second-order valence-electron chi connectivity index (χ2n) is 7.58. The quantitative estimate of drug-likeness (QED) is 0.570. The lowest BCUT2D eigenvalue weighted by molar-refractivity contribution is -0.119. The van der Waals surface area contributed by atoms with Gasteiger partial charge in [-0.2, -0.15) is 0 Å². The lowest BCUT2D eigenvalue weighted by Gasteiger charge is -2.23. The van der Waals surface area contributed by atoms with Gasteiger partial charge in [-0.15, -0.1) is 0 Å². The molecule has 3 aromatic rings. The fourth-order valence-electron chi connectivity index (χ4n) is 3.92. The van der Waals surface area contributed by atoms with E-state index in [0.29, 0.717) is 23.9 Å². The molecule has 1 atom stereocenters. The van der Waals surface area contributed by atoms with Gasteiger partial charge < -0.3 is 24.6 Å². The van der Waals surface area contributed by atoms with Crippen molar-refractivity contribution in [3.63, 3.8) is 0 Å². The summed E-state index contributed by atoms with van der Waals surface area (Å²) in [5, 5.41) is 13.2. The molecule has 0 spiro atoms. The molecule has 0 saturated heterocycles. The number of allylic oxidation sites excluding steroid dienone is 1. The number of aliphatic hydroxyl groups excluding tert-OH is 1. The molecule has 0 saturated carbocycles. The largest absolute Gasteiger partial charge is 0.512 e. The number of carbonyl (C=O) groups excluding carboxylic acids is 1. The molecule has 2 aromatic carbocycles. The van der Waals surface area contributed by atoms with E-state index in [1.165, 1.54) is 0 Å². The summed E-state index contributed by atoms with van der Waals surface area (Å²) >= 11 is 0. The fourth-order valence-corrected chi connectivity index (χ4v) is 3.92. The molecule has 1 amide bonds. The normalized spacial score (nSPS) is 15.6. The Hall–Kier alpha value is -3.32. The van der Waals surface area contributed by atoms with Crippen LogP contribution in [0.2, 0.25) is 0 Å². The van der Waals surface area contributed by atoms with E-state index in [1.807, 2.05) is 53.1 Å². The van der Waals surface area contributed by atoms with Crippen molar-refractivity contribution in [1.29, 1.82) is 0 Å². The highest BCUT2D eigenvalue weighted by Gasteiger charge is 2.29. The van der Waals surface area contributed by atoms with Gasteiger partial charge in [-0.1, -0.05) is 32.0 Å². The van der Waals surface area contributed by atoms with E-state index in [0.717, 1.165) is 30.7 Å². The smallest absolute Gasteiger partial charge is 0.247 e. The number of para-hydroxylation sites is 2. The van der Waals surface area contributed by atoms with E-state index in [2.05, 4.69) is 29.0 Å². The molecule has 2 heterocycles. The van der Waals surface area contributed by atoms with Gasteiger partial charge in [-0.25, -0.2) is 4.98 Å². The third-order valence-corrected chi connectivity index (χ3v) is 5.61. The molecular weight excluding hydrogens is 392 g/mol. The maximum atomic E-state index is 13.2. The number of aliphatic hydroxyl groups is 1. The Labute approximate surface area is 182 Å². The number of aromatic nitrogens is 2. The van der Waals surface area contributed by atoms with Crippen molar-refractivity contribution >= 4 is 28.7 Å². The molecule has 31 heavy (non-hydrogen) atoms. The average Bonchev–Trinajstić information content (AvgIpc) is 3.14. The van der Waals surface area contributed by atoms with Gasteiger partial charge in [-0.3, -0.25) is 4.79 Å². The van der Waals surface area contributed by atoms with Crippen LogP contribution in [-0.4, -0.2) is 51.7 Å². The maximum Gasteiger partial charge on any atom is 0.247 e. The van der Waals surface area contributed by atoms with Crippen molar-refractivity contribution in [1.82, 2.24) is 14.5 Å². The second kappa shape index (κ2) is 9.22. The van der Waals surface area contributed by atoms with Crippen LogP contribution in [0.5, 0.6) is 5.75 Å². The standard InChI is InChI=1S/C24H28N4O3/c1-3-27(4-2)12-13-31-19-9-7-8-17(14-19)25-24(30)22-15-18(29)16-23-26-20-10-5-6-11-21(20)28(22)23/h5-11,14,16,22,29H,3-4,12-13,15H2,1-2H3,(H,25,30). The van der Waals surface area contributed by atoms with Crippen molar-refractivity contribution < 1.29 is 14.6 Å². The molecule has 4 rings (SSSR count). The second-order valence-corrected chi connectivity index (χ2v) is 7.58. The number of imidazole rings is 1. The number of ether oxygens (including phenoxy) is 1. The van der Waals surface area contributed by atoms with E-state index in [4.69, 9.17) is 4.74 Å². The Bertz CT molecular complexity index is 1100. The number of fused-ring (bicyclic) bond motifs is 3. The van der Waals surface area contributed by atoms with Crippen LogP contribution in [0.3, 0.4) is 0 Å². The predicted octanol–water partition coefficient (Wildman–Crippen LogP) is 4.24. The highest BCUT2D eigenvalue weighted by molar-refractivity contribution is 5.96. The zero-order valence-electron chi connectivity index (χ0n) is 17.9. The molecule has 7 heteroatoms. The summed E-state index contributed by atoms with van der Waals surface area (Å²) in [5.41, 5.74) is 2.32. The van der Waals surface area contributed by atoms with Crippen molar-refractivity contribution in [3.8, 4) is 5.75 Å². The molecular formula is C24H28N4O3. The SMILES string of the molecule is CCN(CC)CCOc1cccc(NC(=O)C2CC(O)=Cc3nc4ccccc4n32)c1. The van der Waals surface area contributed by atoms with Crippen LogP contribution < -0.4 is 10.1 Å². The Morgan fingerprint density at radius 2 is 2.03 bits per heavy atom. The summed E-state index contributed by atoms with van der Waals surface area (Å²) in [6.45, 7) is 7.69. The molecule has 1 aliphatic rings. The number of benzene rings is 2. The summed E-state index contributed by atoms with van der Waals surface area (Å²) in [4.78, 5) is 20.0. The van der Waals surface area contributed by atoms with Gasteiger partial charge in [0, 0.05) is 30.8 Å². The number of hydrogen-bond donors (Lipinski definition) is 2. The highest BCUT2D eigenvalue weighted by Crippen LogP contribution is 2.32. The number of rotatable bonds is 8. The molecule has 2 N–H and O–H groups in total. The number of anilines is 1. The van der Waals surface area contributed by atoms with Gasteiger partial charge in [0.05, 0.1) is 16.8 Å². The van der Waals surface area contributed by atoms with Crippen LogP contribution in [0.1, 0.15) is 32.1 Å². The minimum Gasteiger partial charge on any atom is -0.512 e. The monoisotopic (exact) mass is 420 g/mol. The molecule has 1 aliphatic heterocycles. The summed E-state index contributed by atoms with van der Waals surface area (Å²) in [5.74, 6) is 1.24. The van der Waals surface area contributed by atoms with Gasteiger partial charge in [0.2, 0.25) is 5.91 Å². The van der Waals surface area contributed by atoms with Crippen LogP contribution >= 0.6 is 0 Å². The lowest BCUT2D eigenvalue weighted by atomic mass is 10.1. The zero-order valence-corrected chi connectivity index (χ0v) is 17.9. The summed E-state index contributed by atoms with van der Waals surface area (Å²) in [7, 11) is 0. The number of nitrogens with zero attached hydrogens (tertiary/aromatic N) is 3. The van der Waals surface area contributed by atoms with Crippen LogP contribution in [0, 0.1) is 0 Å². The first kappa shape index (κ1) is 20.9. The zero-order chi connectivity index (χ0) is 21.8. The van der Waals surface area contributed by atoms with Gasteiger partial charge in [0.15, 0.2) is 0 Å². The van der Waals surface area contributed by atoms with Crippen LogP contribution in [0.15, 0.2) is 54.3 Å². The first-order valence-corrected chi connectivity index (χ1v) is 10.7. The third-order valence-electron chi connectivity index (χ3n) is 5.61. The van der Waals surface area contributed by atoms with Crippen molar-refractivity contribution in [2.45, 2.75) is 26.3 Å². The van der Waals surface area contributed by atoms with Crippen LogP contribution in [0.4, 0.5) is 5.69 Å². The highest BCUT2D eigenvalue weighted by atomic mass is 16.5. The van der Waals surface area contributed by atoms with E-state index < -0.39 is 6.04 Å². The number of nitrogens with one attached hydrogen (secondary N) is 1. The van der Waals surface area contributed by atoms with Gasteiger partial charge in [0.1, 0.15) is 24.2 Å². The number of hydrogen-bond acceptors (Lipinski definition) is 5. The summed E-state index contributed by atoms with van der Waals surface area (Å²) in [6, 6.07) is 14.5. The predicted molar refractivity (Wildman–Crippen MR) is 122 cm³/mol. The summed E-state index contributed by atoms with van der Waals surface area (Å²) < 4.78 is 7.75. The third kappa shape index (κ3) is 4.56. The molecule has 162 valence electrons. The number of amides is 1. The molecule has 0 aliphatic carbocycles. The first-order valence-electron chi connectivity index (χ1n) is 10.7. The van der Waals surface area contributed by atoms with Gasteiger partial charge >= 0.3 is 0 Å². The molecule has 1 unspecified atom stereocenters. The van der Waals surface area contributed by atoms with Crippen molar-refractivity contribution in [2.24, 2.45) is 0 Å². The summed E-state index contributed by atoms with van der Waals surface area (Å²) in [6.07, 6.45) is 1.84. The Kier molecular flexibility index (Phi) is 6.23. The van der Waals surface area contributed by atoms with E-state index in [1.54, 1.807) is 6.08 Å². The lowest BCUT2D eigenvalue weighted by Crippen LogP contribution is -2.29. The molecule has 0 radical (unpaired) electrons. The minimum absolute atomic E-state index is 0.149.